The molecule has 4 aromatic carbocycles. The fraction of sp³-hybridized carbons (Fsp3) is 0.333. The van der Waals surface area contributed by atoms with E-state index in [9.17, 15) is 17.0 Å². The number of furan rings is 2. The summed E-state index contributed by atoms with van der Waals surface area (Å²) in [4.78, 5) is 0. The predicted octanol–water partition coefficient (Wildman–Crippen LogP) is 15.7. The Hall–Kier alpha value is -3.40. The molecule has 0 radical (unpaired) electrons. The average Bonchev–Trinajstić information content (AvgIpc) is 4.09. The number of aryl methyl sites for hydroxylation is 2. The molecule has 6 aromatic rings. The monoisotopic (exact) mass is 925 g/mol. The van der Waals surface area contributed by atoms with Crippen molar-refractivity contribution in [1.29, 1.82) is 0 Å². The molecule has 0 saturated heterocycles. The molecule has 0 aliphatic heterocycles. The van der Waals surface area contributed by atoms with Gasteiger partial charge in [0.05, 0.1) is 0 Å². The molecule has 2 heterocycles. The second-order valence-electron chi connectivity index (χ2n) is 20.4. The summed E-state index contributed by atoms with van der Waals surface area (Å²) >= 11 is -5.79. The zero-order valence-electron chi connectivity index (χ0n) is 36.9. The first-order valence-electron chi connectivity index (χ1n) is 22.0. The first kappa shape index (κ1) is 40.7. The van der Waals surface area contributed by atoms with Gasteiger partial charge in [-0.3, -0.25) is 0 Å². The van der Waals surface area contributed by atoms with Crippen LogP contribution in [-0.4, -0.2) is 5.92 Å². The predicted molar refractivity (Wildman–Crippen MR) is 254 cm³/mol. The number of rotatable bonds is 7. The van der Waals surface area contributed by atoms with Crippen molar-refractivity contribution in [2.45, 2.75) is 111 Å². The van der Waals surface area contributed by atoms with Gasteiger partial charge < -0.3 is 0 Å². The van der Waals surface area contributed by atoms with E-state index in [-0.39, 0.29) is 10.8 Å². The van der Waals surface area contributed by atoms with Crippen LogP contribution in [0, 0.1) is 0 Å². The van der Waals surface area contributed by atoms with E-state index in [0.29, 0.717) is 0 Å². The van der Waals surface area contributed by atoms with Crippen molar-refractivity contribution in [3.63, 3.8) is 0 Å². The zero-order chi connectivity index (χ0) is 42.4. The average molecular weight is 928 g/mol. The van der Waals surface area contributed by atoms with Crippen LogP contribution < -0.4 is 0 Å². The summed E-state index contributed by atoms with van der Waals surface area (Å²) in [5.74, 6) is -0.370. The fourth-order valence-corrected chi connectivity index (χ4v) is 50.7. The van der Waals surface area contributed by atoms with Crippen LogP contribution in [0.4, 0.5) is 0 Å². The van der Waals surface area contributed by atoms with Gasteiger partial charge in [0, 0.05) is 0 Å². The fourth-order valence-electron chi connectivity index (χ4n) is 13.5. The van der Waals surface area contributed by atoms with Crippen molar-refractivity contribution in [1.82, 2.24) is 0 Å². The zero-order valence-corrected chi connectivity index (χ0v) is 42.0. The molecule has 4 aliphatic rings. The van der Waals surface area contributed by atoms with Gasteiger partial charge in [0.25, 0.3) is 0 Å². The van der Waals surface area contributed by atoms with Crippen LogP contribution in [0.5, 0.6) is 0 Å². The number of allylic oxidation sites excluding steroid dienone is 4. The molecule has 60 heavy (non-hydrogen) atoms. The number of hydrogen-bond donors (Lipinski definition) is 0. The Kier molecular flexibility index (Phi) is 9.02. The number of benzene rings is 4. The van der Waals surface area contributed by atoms with Gasteiger partial charge in [0.15, 0.2) is 0 Å². The quantitative estimate of drug-likeness (QED) is 0.149. The van der Waals surface area contributed by atoms with Gasteiger partial charge in [-0.1, -0.05) is 0 Å². The Morgan fingerprint density at radius 3 is 1.25 bits per heavy atom. The molecule has 10 rings (SSSR count). The molecule has 0 N–H and O–H groups in total. The van der Waals surface area contributed by atoms with E-state index in [4.69, 9.17) is 8.83 Å². The third-order valence-corrected chi connectivity index (χ3v) is 76.1. The summed E-state index contributed by atoms with van der Waals surface area (Å²) in [6.45, 7) is 24.2. The molecule has 2 nitrogen and oxygen atoms in total. The third-order valence-electron chi connectivity index (χ3n) is 16.3. The summed E-state index contributed by atoms with van der Waals surface area (Å²) in [6.07, 6.45) is 7.89. The van der Waals surface area contributed by atoms with Crippen molar-refractivity contribution in [3.05, 3.63) is 166 Å². The molecular formula is C54H57Cl2O2SiZr. The normalized spacial score (nSPS) is 23.2. The van der Waals surface area contributed by atoms with Crippen LogP contribution >= 0.6 is 17.0 Å². The maximum atomic E-state index is 9.53. The summed E-state index contributed by atoms with van der Waals surface area (Å²) in [6, 6.07) is 35.7. The van der Waals surface area contributed by atoms with Crippen LogP contribution in [0.1, 0.15) is 124 Å². The molecule has 4 aliphatic carbocycles. The molecule has 2 aromatic heterocycles. The van der Waals surface area contributed by atoms with Gasteiger partial charge in [-0.15, -0.1) is 0 Å². The molecule has 307 valence electrons. The molecule has 0 bridgehead atoms. The second-order valence-corrected chi connectivity index (χ2v) is 63.0. The summed E-state index contributed by atoms with van der Waals surface area (Å²) in [7, 11) is 19.1. The summed E-state index contributed by atoms with van der Waals surface area (Å²) in [5, 5.41) is 0. The molecular weight excluding hydrogens is 871 g/mol. The van der Waals surface area contributed by atoms with E-state index in [1.165, 1.54) is 77.9 Å². The first-order chi connectivity index (χ1) is 28.4. The second kappa shape index (κ2) is 13.3. The van der Waals surface area contributed by atoms with Crippen molar-refractivity contribution < 1.29 is 24.4 Å². The van der Waals surface area contributed by atoms with Gasteiger partial charge in [-0.25, -0.2) is 0 Å². The Labute approximate surface area is 365 Å². The van der Waals surface area contributed by atoms with E-state index in [1.54, 1.807) is 0 Å². The van der Waals surface area contributed by atoms with E-state index >= 15 is 0 Å². The molecule has 2 unspecified atom stereocenters. The summed E-state index contributed by atoms with van der Waals surface area (Å²) < 4.78 is 11.7. The van der Waals surface area contributed by atoms with E-state index in [1.807, 2.05) is 24.7 Å². The van der Waals surface area contributed by atoms with Crippen LogP contribution in [0.3, 0.4) is 0 Å². The van der Waals surface area contributed by atoms with Crippen LogP contribution in [0.25, 0.3) is 44.5 Å². The summed E-state index contributed by atoms with van der Waals surface area (Å²) in [5.41, 5.74) is 20.9. The van der Waals surface area contributed by atoms with E-state index in [2.05, 4.69) is 153 Å². The molecule has 6 heteroatoms. The Bertz CT molecular complexity index is 2620. The van der Waals surface area contributed by atoms with Crippen molar-refractivity contribution in [3.8, 4) is 22.3 Å². The van der Waals surface area contributed by atoms with Crippen LogP contribution in [0.2, 0.25) is 13.1 Å². The van der Waals surface area contributed by atoms with Gasteiger partial charge in [0.1, 0.15) is 0 Å². The van der Waals surface area contributed by atoms with Crippen LogP contribution in [0.15, 0.2) is 118 Å². The van der Waals surface area contributed by atoms with Gasteiger partial charge in [-0.05, 0) is 0 Å². The molecule has 0 saturated carbocycles. The minimum absolute atomic E-state index is 0.0110. The van der Waals surface area contributed by atoms with Gasteiger partial charge in [-0.2, -0.15) is 0 Å². The molecule has 0 fully saturated rings. The van der Waals surface area contributed by atoms with Gasteiger partial charge in [0.2, 0.25) is 0 Å². The van der Waals surface area contributed by atoms with Gasteiger partial charge >= 0.3 is 369 Å². The third kappa shape index (κ3) is 4.92. The Morgan fingerprint density at radius 2 is 0.917 bits per heavy atom. The first-order valence-corrected chi connectivity index (χ1v) is 37.9. The van der Waals surface area contributed by atoms with Crippen molar-refractivity contribution in [2.75, 3.05) is 0 Å². The molecule has 0 spiro atoms. The SMILES string of the molecule is CC1=C(c2ccco2)[C](C)([Zr]([Cl])([Cl])([SiH](C)C)[C]2(C)C(c3ccco3)=C(C)c3c2cc2c(c3-c3ccccc3)C(C)(C)CC2)c2cc3c(c(-c4ccccc4)c21)C(C)(C)CC3. The number of hydrogen-bond acceptors (Lipinski definition) is 2. The standard InChI is InChI=1S/2C26H25O.C2H7Si.2ClH.Zr/c2*1-16-20-15-19-12-13-26(3,4)25(19)24(18-9-6-5-7-10-18)23(20)17(2)22(16)21-11-8-14-27-21;1-3-2;;;/h2*5-11,14-15H,12-13H2,1-4H3;3H,1-2H3;2*1H;/q;;;;;+2/p-2. The van der Waals surface area contributed by atoms with Crippen LogP contribution in [-0.2, 0) is 45.5 Å². The number of fused-ring (bicyclic) bond motifs is 4. The van der Waals surface area contributed by atoms with Crippen molar-refractivity contribution >= 4 is 45.2 Å². The Morgan fingerprint density at radius 1 is 0.533 bits per heavy atom. The maximum absolute atomic E-state index is 9.53. The van der Waals surface area contributed by atoms with E-state index < -0.39 is 27.7 Å². The topological polar surface area (TPSA) is 26.3 Å². The molecule has 0 amide bonds. The van der Waals surface area contributed by atoms with Crippen molar-refractivity contribution in [2.24, 2.45) is 0 Å². The molecule has 2 atom stereocenters. The number of halogens is 2. The minimum atomic E-state index is -5.79. The Balaban J connectivity index is 1.40. The van der Waals surface area contributed by atoms with E-state index in [0.717, 1.165) is 48.3 Å².